The predicted octanol–water partition coefficient (Wildman–Crippen LogP) is 0.742. The summed E-state index contributed by atoms with van der Waals surface area (Å²) in [5.74, 6) is 0.726. The number of thiol groups is 1. The van der Waals surface area contributed by atoms with Crippen LogP contribution in [0.3, 0.4) is 0 Å². The zero-order chi connectivity index (χ0) is 9.26. The monoisotopic (exact) mass is 201 g/mol. The molecule has 0 saturated carbocycles. The summed E-state index contributed by atoms with van der Waals surface area (Å²) in [6.07, 6.45) is 4.49. The molecule has 3 atom stereocenters. The second-order valence-electron chi connectivity index (χ2n) is 3.76. The molecule has 0 aromatic rings. The highest BCUT2D eigenvalue weighted by Crippen LogP contribution is 2.34. The molecule has 3 unspecified atom stereocenters. The molecule has 2 bridgehead atoms. The molecule has 2 fully saturated rings. The van der Waals surface area contributed by atoms with E-state index in [1.165, 1.54) is 6.42 Å². The van der Waals surface area contributed by atoms with Crippen LogP contribution in [0.5, 0.6) is 0 Å². The fraction of sp³-hybridized carbons (Fsp3) is 0.889. The minimum absolute atomic E-state index is 0.108. The van der Waals surface area contributed by atoms with Crippen molar-refractivity contribution >= 4 is 18.5 Å². The zero-order valence-corrected chi connectivity index (χ0v) is 8.43. The maximum Gasteiger partial charge on any atom is 0.221 e. The van der Waals surface area contributed by atoms with Gasteiger partial charge < -0.3 is 10.1 Å². The minimum atomic E-state index is 0.108. The highest BCUT2D eigenvalue weighted by atomic mass is 32.1. The first kappa shape index (κ1) is 9.34. The number of fused-ring (bicyclic) bond motifs is 2. The van der Waals surface area contributed by atoms with Crippen molar-refractivity contribution in [2.75, 3.05) is 5.75 Å². The van der Waals surface area contributed by atoms with Gasteiger partial charge in [-0.1, -0.05) is 0 Å². The van der Waals surface area contributed by atoms with Crippen molar-refractivity contribution < 1.29 is 9.53 Å². The van der Waals surface area contributed by atoms with Gasteiger partial charge in [-0.25, -0.2) is 0 Å². The average Bonchev–Trinajstić information content (AvgIpc) is 2.65. The molecule has 1 amide bonds. The van der Waals surface area contributed by atoms with Gasteiger partial charge in [0.1, 0.15) is 0 Å². The van der Waals surface area contributed by atoms with Crippen LogP contribution in [-0.4, -0.2) is 29.9 Å². The van der Waals surface area contributed by atoms with Crippen LogP contribution >= 0.6 is 12.6 Å². The van der Waals surface area contributed by atoms with E-state index in [9.17, 15) is 4.79 Å². The Morgan fingerprint density at radius 3 is 2.92 bits per heavy atom. The van der Waals surface area contributed by atoms with Gasteiger partial charge in [0.25, 0.3) is 0 Å². The van der Waals surface area contributed by atoms with Gasteiger partial charge in [0, 0.05) is 6.42 Å². The maximum atomic E-state index is 11.3. The number of hydrogen-bond acceptors (Lipinski definition) is 3. The van der Waals surface area contributed by atoms with Crippen molar-refractivity contribution in [3.63, 3.8) is 0 Å². The number of rotatable bonds is 3. The van der Waals surface area contributed by atoms with Crippen LogP contribution in [0.25, 0.3) is 0 Å². The Morgan fingerprint density at radius 1 is 1.54 bits per heavy atom. The third-order valence-electron chi connectivity index (χ3n) is 2.79. The van der Waals surface area contributed by atoms with E-state index in [2.05, 4.69) is 17.9 Å². The average molecular weight is 201 g/mol. The smallest absolute Gasteiger partial charge is 0.221 e. The van der Waals surface area contributed by atoms with Gasteiger partial charge >= 0.3 is 0 Å². The van der Waals surface area contributed by atoms with Crippen molar-refractivity contribution in [3.05, 3.63) is 0 Å². The van der Waals surface area contributed by atoms with Crippen molar-refractivity contribution in [1.29, 1.82) is 0 Å². The van der Waals surface area contributed by atoms with Crippen LogP contribution in [0.1, 0.15) is 25.7 Å². The van der Waals surface area contributed by atoms with Gasteiger partial charge in [-0.3, -0.25) is 4.79 Å². The summed E-state index contributed by atoms with van der Waals surface area (Å²) in [6, 6.07) is 0.270. The summed E-state index contributed by atoms with van der Waals surface area (Å²) >= 11 is 4.02. The lowest BCUT2D eigenvalue weighted by molar-refractivity contribution is -0.121. The third-order valence-corrected chi connectivity index (χ3v) is 3.01. The molecule has 74 valence electrons. The number of amides is 1. The molecule has 13 heavy (non-hydrogen) atoms. The topological polar surface area (TPSA) is 38.3 Å². The van der Waals surface area contributed by atoms with E-state index in [4.69, 9.17) is 4.74 Å². The van der Waals surface area contributed by atoms with Gasteiger partial charge in [-0.05, 0) is 25.0 Å². The van der Waals surface area contributed by atoms with Gasteiger partial charge in [0.05, 0.1) is 18.2 Å². The Morgan fingerprint density at radius 2 is 2.38 bits per heavy atom. The molecule has 0 aliphatic carbocycles. The van der Waals surface area contributed by atoms with Crippen molar-refractivity contribution in [1.82, 2.24) is 5.32 Å². The molecule has 2 saturated heterocycles. The van der Waals surface area contributed by atoms with Gasteiger partial charge in [0.2, 0.25) is 5.91 Å². The van der Waals surface area contributed by atoms with Crippen LogP contribution in [0.15, 0.2) is 0 Å². The molecule has 0 radical (unpaired) electrons. The summed E-state index contributed by atoms with van der Waals surface area (Å²) in [5.41, 5.74) is 0. The summed E-state index contributed by atoms with van der Waals surface area (Å²) in [6.45, 7) is 0. The van der Waals surface area contributed by atoms with E-state index in [-0.39, 0.29) is 18.1 Å². The minimum Gasteiger partial charge on any atom is -0.373 e. The maximum absolute atomic E-state index is 11.3. The molecular weight excluding hydrogens is 186 g/mol. The standard InChI is InChI=1S/C9H15NO2S/c11-9(3-4-13)10-7-5-6-1-2-8(7)12-6/h6-8,13H,1-5H2,(H,10,11). The number of carbonyl (C=O) groups is 1. The second kappa shape index (κ2) is 3.88. The van der Waals surface area contributed by atoms with E-state index in [1.54, 1.807) is 0 Å². The lowest BCUT2D eigenvalue weighted by atomic mass is 9.95. The number of nitrogens with one attached hydrogen (secondary N) is 1. The van der Waals surface area contributed by atoms with Crippen LogP contribution in [0, 0.1) is 0 Å². The Kier molecular flexibility index (Phi) is 2.79. The Labute approximate surface area is 83.6 Å². The summed E-state index contributed by atoms with van der Waals surface area (Å²) < 4.78 is 5.63. The largest absolute Gasteiger partial charge is 0.373 e. The number of hydrogen-bond donors (Lipinski definition) is 2. The van der Waals surface area contributed by atoms with E-state index < -0.39 is 0 Å². The van der Waals surface area contributed by atoms with Crippen LogP contribution in [0.2, 0.25) is 0 Å². The Hall–Kier alpha value is -0.220. The molecule has 2 aliphatic heterocycles. The lowest BCUT2D eigenvalue weighted by Crippen LogP contribution is -2.41. The molecule has 0 aromatic heterocycles. The van der Waals surface area contributed by atoms with E-state index >= 15 is 0 Å². The summed E-state index contributed by atoms with van der Waals surface area (Å²) in [7, 11) is 0. The number of ether oxygens (including phenoxy) is 1. The highest BCUT2D eigenvalue weighted by molar-refractivity contribution is 7.80. The van der Waals surface area contributed by atoms with Crippen molar-refractivity contribution in [2.45, 2.75) is 43.9 Å². The van der Waals surface area contributed by atoms with Crippen LogP contribution in [-0.2, 0) is 9.53 Å². The Balaban J connectivity index is 1.79. The first-order valence-corrected chi connectivity index (χ1v) is 5.48. The molecule has 1 N–H and O–H groups in total. The summed E-state index contributed by atoms with van der Waals surface area (Å²) in [4.78, 5) is 11.3. The third kappa shape index (κ3) is 1.99. The quantitative estimate of drug-likeness (QED) is 0.661. The fourth-order valence-corrected chi connectivity index (χ4v) is 2.37. The normalized spacial score (nSPS) is 36.5. The molecule has 4 heteroatoms. The lowest BCUT2D eigenvalue weighted by Gasteiger charge is -2.19. The molecule has 2 rings (SSSR count). The predicted molar refractivity (Wildman–Crippen MR) is 52.9 cm³/mol. The van der Waals surface area contributed by atoms with Gasteiger partial charge in [0.15, 0.2) is 0 Å². The fourth-order valence-electron chi connectivity index (χ4n) is 2.17. The molecule has 3 nitrogen and oxygen atoms in total. The molecule has 2 aliphatic rings. The SMILES string of the molecule is O=C(CCS)NC1CC2CCC1O2. The van der Waals surface area contributed by atoms with Crippen molar-refractivity contribution in [3.8, 4) is 0 Å². The molecule has 0 spiro atoms. The Bertz CT molecular complexity index is 210. The van der Waals surface area contributed by atoms with E-state index in [0.717, 1.165) is 12.8 Å². The van der Waals surface area contributed by atoms with E-state index in [0.29, 0.717) is 18.3 Å². The van der Waals surface area contributed by atoms with E-state index in [1.807, 2.05) is 0 Å². The molecular formula is C9H15NO2S. The highest BCUT2D eigenvalue weighted by Gasteiger charge is 2.41. The zero-order valence-electron chi connectivity index (χ0n) is 7.53. The van der Waals surface area contributed by atoms with Crippen LogP contribution in [0.4, 0.5) is 0 Å². The number of carbonyl (C=O) groups excluding carboxylic acids is 1. The molecule has 2 heterocycles. The molecule has 0 aromatic carbocycles. The first-order valence-electron chi connectivity index (χ1n) is 4.85. The van der Waals surface area contributed by atoms with Gasteiger partial charge in [-0.2, -0.15) is 12.6 Å². The second-order valence-corrected chi connectivity index (χ2v) is 4.20. The first-order chi connectivity index (χ1) is 6.29. The van der Waals surface area contributed by atoms with Crippen LogP contribution < -0.4 is 5.32 Å². The summed E-state index contributed by atoms with van der Waals surface area (Å²) in [5, 5.41) is 3.00. The van der Waals surface area contributed by atoms with Gasteiger partial charge in [-0.15, -0.1) is 0 Å². The van der Waals surface area contributed by atoms with Crippen molar-refractivity contribution in [2.24, 2.45) is 0 Å².